The summed E-state index contributed by atoms with van der Waals surface area (Å²) in [6.07, 6.45) is 5.49. The molecule has 88 valence electrons. The predicted octanol–water partition coefficient (Wildman–Crippen LogP) is 1.22. The number of hydrogen-bond donors (Lipinski definition) is 1. The van der Waals surface area contributed by atoms with E-state index >= 15 is 0 Å². The van der Waals surface area contributed by atoms with Crippen LogP contribution in [0, 0.1) is 5.92 Å². The second kappa shape index (κ2) is 5.28. The molecule has 0 aromatic rings. The molecule has 3 heteroatoms. The highest BCUT2D eigenvalue weighted by Crippen LogP contribution is 2.20. The summed E-state index contributed by atoms with van der Waals surface area (Å²) in [7, 11) is 0. The zero-order chi connectivity index (χ0) is 10.7. The van der Waals surface area contributed by atoms with E-state index < -0.39 is 0 Å². The molecule has 0 spiro atoms. The zero-order valence-corrected chi connectivity index (χ0v) is 9.82. The molecule has 3 unspecified atom stereocenters. The lowest BCUT2D eigenvalue weighted by atomic mass is 10.0. The van der Waals surface area contributed by atoms with E-state index in [-0.39, 0.29) is 6.04 Å². The van der Waals surface area contributed by atoms with Crippen molar-refractivity contribution in [2.45, 2.75) is 44.7 Å². The van der Waals surface area contributed by atoms with E-state index in [9.17, 15) is 0 Å². The summed E-state index contributed by atoms with van der Waals surface area (Å²) >= 11 is 0. The van der Waals surface area contributed by atoms with Crippen LogP contribution in [-0.2, 0) is 4.74 Å². The Morgan fingerprint density at radius 2 is 2.13 bits per heavy atom. The van der Waals surface area contributed by atoms with Crippen LogP contribution in [0.4, 0.5) is 0 Å². The van der Waals surface area contributed by atoms with Gasteiger partial charge in [-0.15, -0.1) is 0 Å². The van der Waals surface area contributed by atoms with E-state index in [2.05, 4.69) is 11.8 Å². The lowest BCUT2D eigenvalue weighted by Gasteiger charge is -2.30. The van der Waals surface area contributed by atoms with Crippen LogP contribution in [0.25, 0.3) is 0 Å². The normalized spacial score (nSPS) is 39.2. The predicted molar refractivity (Wildman–Crippen MR) is 61.8 cm³/mol. The van der Waals surface area contributed by atoms with Crippen LogP contribution in [0.2, 0.25) is 0 Å². The molecular formula is C12H24N2O. The van der Waals surface area contributed by atoms with Gasteiger partial charge in [-0.05, 0) is 26.3 Å². The van der Waals surface area contributed by atoms with Gasteiger partial charge < -0.3 is 15.4 Å². The van der Waals surface area contributed by atoms with Crippen molar-refractivity contribution < 1.29 is 4.74 Å². The molecule has 2 rings (SSSR count). The van der Waals surface area contributed by atoms with Gasteiger partial charge in [0, 0.05) is 24.5 Å². The molecule has 0 aromatic heterocycles. The van der Waals surface area contributed by atoms with Crippen molar-refractivity contribution in [1.29, 1.82) is 0 Å². The maximum atomic E-state index is 6.03. The fourth-order valence-corrected chi connectivity index (χ4v) is 2.71. The van der Waals surface area contributed by atoms with Gasteiger partial charge in [0.15, 0.2) is 0 Å². The first kappa shape index (κ1) is 11.4. The van der Waals surface area contributed by atoms with Gasteiger partial charge in [-0.3, -0.25) is 0 Å². The third-order valence-electron chi connectivity index (χ3n) is 3.91. The molecule has 2 aliphatic rings. The van der Waals surface area contributed by atoms with Gasteiger partial charge >= 0.3 is 0 Å². The van der Waals surface area contributed by atoms with Gasteiger partial charge in [-0.25, -0.2) is 0 Å². The number of rotatable bonds is 2. The van der Waals surface area contributed by atoms with E-state index in [1.54, 1.807) is 0 Å². The van der Waals surface area contributed by atoms with Gasteiger partial charge in [0.1, 0.15) is 0 Å². The molecule has 2 heterocycles. The monoisotopic (exact) mass is 212 g/mol. The van der Waals surface area contributed by atoms with E-state index in [1.807, 2.05) is 0 Å². The molecule has 0 bridgehead atoms. The smallest absolute Gasteiger partial charge is 0.0621 e. The summed E-state index contributed by atoms with van der Waals surface area (Å²) in [5.74, 6) is 0.561. The molecule has 0 aliphatic carbocycles. The summed E-state index contributed by atoms with van der Waals surface area (Å²) < 4.78 is 5.43. The first-order valence-electron chi connectivity index (χ1n) is 6.35. The number of nitrogens with two attached hydrogens (primary N) is 1. The average Bonchev–Trinajstić information content (AvgIpc) is 2.50. The minimum Gasteiger partial charge on any atom is -0.379 e. The van der Waals surface area contributed by atoms with Crippen LogP contribution in [0.1, 0.15) is 32.6 Å². The minimum atomic E-state index is 0.264. The van der Waals surface area contributed by atoms with Crippen molar-refractivity contribution in [1.82, 2.24) is 4.90 Å². The first-order valence-corrected chi connectivity index (χ1v) is 6.35. The zero-order valence-electron chi connectivity index (χ0n) is 9.82. The highest BCUT2D eigenvalue weighted by molar-refractivity contribution is 4.83. The van der Waals surface area contributed by atoms with E-state index in [4.69, 9.17) is 10.5 Å². The van der Waals surface area contributed by atoms with E-state index in [0.29, 0.717) is 5.92 Å². The SMILES string of the molecule is CC1CCCCCN1CC1COCC1N. The Kier molecular flexibility index (Phi) is 4.00. The Bertz CT molecular complexity index is 198. The highest BCUT2D eigenvalue weighted by atomic mass is 16.5. The quantitative estimate of drug-likeness (QED) is 0.748. The second-order valence-corrected chi connectivity index (χ2v) is 5.15. The summed E-state index contributed by atoms with van der Waals surface area (Å²) in [5, 5.41) is 0. The number of likely N-dealkylation sites (tertiary alicyclic amines) is 1. The Morgan fingerprint density at radius 1 is 1.27 bits per heavy atom. The van der Waals surface area contributed by atoms with Gasteiger partial charge in [0.2, 0.25) is 0 Å². The number of hydrogen-bond acceptors (Lipinski definition) is 3. The molecule has 2 N–H and O–H groups in total. The van der Waals surface area contributed by atoms with Crippen LogP contribution < -0.4 is 5.73 Å². The van der Waals surface area contributed by atoms with Gasteiger partial charge in [0.05, 0.1) is 13.2 Å². The second-order valence-electron chi connectivity index (χ2n) is 5.15. The molecule has 2 saturated heterocycles. The Morgan fingerprint density at radius 3 is 2.87 bits per heavy atom. The fourth-order valence-electron chi connectivity index (χ4n) is 2.71. The minimum absolute atomic E-state index is 0.264. The standard InChI is InChI=1S/C12H24N2O/c1-10-5-3-2-4-6-14(10)7-11-8-15-9-12(11)13/h10-12H,2-9,13H2,1H3. The summed E-state index contributed by atoms with van der Waals surface area (Å²) in [4.78, 5) is 2.62. The fraction of sp³-hybridized carbons (Fsp3) is 1.00. The molecule has 15 heavy (non-hydrogen) atoms. The lowest BCUT2D eigenvalue weighted by molar-refractivity contribution is 0.149. The third kappa shape index (κ3) is 2.92. The van der Waals surface area contributed by atoms with Crippen LogP contribution in [0.3, 0.4) is 0 Å². The largest absolute Gasteiger partial charge is 0.379 e. The maximum Gasteiger partial charge on any atom is 0.0621 e. The van der Waals surface area contributed by atoms with Gasteiger partial charge in [0.25, 0.3) is 0 Å². The summed E-state index contributed by atoms with van der Waals surface area (Å²) in [6.45, 7) is 6.37. The average molecular weight is 212 g/mol. The summed E-state index contributed by atoms with van der Waals surface area (Å²) in [6, 6.07) is 1.00. The molecule has 0 radical (unpaired) electrons. The summed E-state index contributed by atoms with van der Waals surface area (Å²) in [5.41, 5.74) is 6.03. The molecule has 3 atom stereocenters. The Hall–Kier alpha value is -0.120. The topological polar surface area (TPSA) is 38.5 Å². The van der Waals surface area contributed by atoms with Crippen molar-refractivity contribution in [2.24, 2.45) is 11.7 Å². The van der Waals surface area contributed by atoms with Crippen molar-refractivity contribution in [3.8, 4) is 0 Å². The Labute approximate surface area is 93.0 Å². The van der Waals surface area contributed by atoms with E-state index in [0.717, 1.165) is 25.8 Å². The molecule has 2 fully saturated rings. The lowest BCUT2D eigenvalue weighted by Crippen LogP contribution is -2.42. The third-order valence-corrected chi connectivity index (χ3v) is 3.91. The molecule has 0 aromatic carbocycles. The van der Waals surface area contributed by atoms with Crippen LogP contribution in [0.15, 0.2) is 0 Å². The van der Waals surface area contributed by atoms with Crippen molar-refractivity contribution in [3.63, 3.8) is 0 Å². The van der Waals surface area contributed by atoms with Crippen LogP contribution in [0.5, 0.6) is 0 Å². The van der Waals surface area contributed by atoms with Gasteiger partial charge in [-0.2, -0.15) is 0 Å². The van der Waals surface area contributed by atoms with Crippen LogP contribution >= 0.6 is 0 Å². The highest BCUT2D eigenvalue weighted by Gasteiger charge is 2.28. The van der Waals surface area contributed by atoms with E-state index in [1.165, 1.54) is 32.2 Å². The number of ether oxygens (including phenoxy) is 1. The molecule has 0 amide bonds. The molecule has 2 aliphatic heterocycles. The van der Waals surface area contributed by atoms with Crippen molar-refractivity contribution in [2.75, 3.05) is 26.3 Å². The number of nitrogens with zero attached hydrogens (tertiary/aromatic N) is 1. The van der Waals surface area contributed by atoms with Crippen LogP contribution in [-0.4, -0.2) is 43.3 Å². The van der Waals surface area contributed by atoms with Crippen molar-refractivity contribution in [3.05, 3.63) is 0 Å². The maximum absolute atomic E-state index is 6.03. The first-order chi connectivity index (χ1) is 7.27. The molecular weight excluding hydrogens is 188 g/mol. The molecule has 3 nitrogen and oxygen atoms in total. The Balaban J connectivity index is 1.85. The van der Waals surface area contributed by atoms with Crippen molar-refractivity contribution >= 4 is 0 Å². The molecule has 0 saturated carbocycles. The van der Waals surface area contributed by atoms with Gasteiger partial charge in [-0.1, -0.05) is 12.8 Å².